The number of nitro groups is 1. The number of rotatable bonds is 4. The van der Waals surface area contributed by atoms with Gasteiger partial charge in [0.1, 0.15) is 5.75 Å². The molecular formula is C16H13NO5. The number of ketones is 1. The van der Waals surface area contributed by atoms with E-state index in [1.807, 2.05) is 6.92 Å². The fourth-order valence-electron chi connectivity index (χ4n) is 1.88. The quantitative estimate of drug-likeness (QED) is 0.284. The van der Waals surface area contributed by atoms with Crippen molar-refractivity contribution in [3.63, 3.8) is 0 Å². The van der Waals surface area contributed by atoms with Crippen LogP contribution in [0.2, 0.25) is 0 Å². The van der Waals surface area contributed by atoms with Gasteiger partial charge in [0.15, 0.2) is 5.78 Å². The van der Waals surface area contributed by atoms with E-state index in [1.54, 1.807) is 18.2 Å². The van der Waals surface area contributed by atoms with Gasteiger partial charge in [0.05, 0.1) is 16.1 Å². The van der Waals surface area contributed by atoms with Crippen molar-refractivity contribution in [2.75, 3.05) is 0 Å². The zero-order valence-electron chi connectivity index (χ0n) is 12.0. The number of nitrogens with zero attached hydrogens (tertiary/aromatic N) is 1. The maximum Gasteiger partial charge on any atom is 0.343 e. The maximum absolute atomic E-state index is 12.1. The molecule has 0 fully saturated rings. The first-order valence-corrected chi connectivity index (χ1v) is 6.46. The SMILES string of the molecule is CC(=O)c1ccc(C)cc1OC(=O)c1ccc([N+](=O)[O-])cc1. The van der Waals surface area contributed by atoms with Gasteiger partial charge in [-0.05, 0) is 43.7 Å². The lowest BCUT2D eigenvalue weighted by Gasteiger charge is -2.09. The number of hydrogen-bond donors (Lipinski definition) is 0. The van der Waals surface area contributed by atoms with Crippen LogP contribution in [-0.4, -0.2) is 16.7 Å². The molecular weight excluding hydrogens is 286 g/mol. The second kappa shape index (κ2) is 6.17. The van der Waals surface area contributed by atoms with Crippen molar-refractivity contribution < 1.29 is 19.2 Å². The Bertz CT molecular complexity index is 750. The second-order valence-corrected chi connectivity index (χ2v) is 4.75. The molecule has 0 heterocycles. The van der Waals surface area contributed by atoms with Gasteiger partial charge in [-0.25, -0.2) is 4.79 Å². The molecule has 0 N–H and O–H groups in total. The summed E-state index contributed by atoms with van der Waals surface area (Å²) in [7, 11) is 0. The minimum atomic E-state index is -0.678. The molecule has 6 nitrogen and oxygen atoms in total. The van der Waals surface area contributed by atoms with E-state index in [4.69, 9.17) is 4.74 Å². The third-order valence-corrected chi connectivity index (χ3v) is 3.03. The molecule has 0 aliphatic rings. The Morgan fingerprint density at radius 3 is 2.27 bits per heavy atom. The average Bonchev–Trinajstić information content (AvgIpc) is 2.47. The normalized spacial score (nSPS) is 10.1. The highest BCUT2D eigenvalue weighted by atomic mass is 16.6. The van der Waals surface area contributed by atoms with Crippen LogP contribution in [0.1, 0.15) is 33.2 Å². The third kappa shape index (κ3) is 3.35. The summed E-state index contributed by atoms with van der Waals surface area (Å²) in [5, 5.41) is 10.6. The molecule has 2 aromatic rings. The minimum Gasteiger partial charge on any atom is -0.422 e. The third-order valence-electron chi connectivity index (χ3n) is 3.03. The fraction of sp³-hybridized carbons (Fsp3) is 0.125. The summed E-state index contributed by atoms with van der Waals surface area (Å²) in [6.07, 6.45) is 0. The van der Waals surface area contributed by atoms with E-state index in [9.17, 15) is 19.7 Å². The van der Waals surface area contributed by atoms with Gasteiger partial charge >= 0.3 is 5.97 Å². The number of carbonyl (C=O) groups is 2. The van der Waals surface area contributed by atoms with E-state index >= 15 is 0 Å². The Morgan fingerprint density at radius 2 is 1.73 bits per heavy atom. The van der Waals surface area contributed by atoms with E-state index in [2.05, 4.69) is 0 Å². The van der Waals surface area contributed by atoms with Gasteiger partial charge in [-0.1, -0.05) is 6.07 Å². The number of non-ortho nitro benzene ring substituents is 1. The van der Waals surface area contributed by atoms with Crippen LogP contribution in [0, 0.1) is 17.0 Å². The first kappa shape index (κ1) is 15.4. The lowest BCUT2D eigenvalue weighted by atomic mass is 10.1. The molecule has 0 aliphatic heterocycles. The van der Waals surface area contributed by atoms with E-state index in [-0.39, 0.29) is 22.8 Å². The Kier molecular flexibility index (Phi) is 4.31. The second-order valence-electron chi connectivity index (χ2n) is 4.75. The van der Waals surface area contributed by atoms with Gasteiger partial charge < -0.3 is 4.74 Å². The van der Waals surface area contributed by atoms with Crippen LogP contribution in [0.4, 0.5) is 5.69 Å². The van der Waals surface area contributed by atoms with Crippen LogP contribution in [0.25, 0.3) is 0 Å². The van der Waals surface area contributed by atoms with Gasteiger partial charge in [0.25, 0.3) is 5.69 Å². The van der Waals surface area contributed by atoms with Crippen LogP contribution in [0.5, 0.6) is 5.75 Å². The predicted octanol–water partition coefficient (Wildman–Crippen LogP) is 3.33. The van der Waals surface area contributed by atoms with Gasteiger partial charge in [0.2, 0.25) is 0 Å². The molecule has 0 bridgehead atoms. The molecule has 0 spiro atoms. The Balaban J connectivity index is 2.27. The zero-order valence-corrected chi connectivity index (χ0v) is 12.0. The Morgan fingerprint density at radius 1 is 1.09 bits per heavy atom. The average molecular weight is 299 g/mol. The van der Waals surface area contributed by atoms with Crippen LogP contribution in [-0.2, 0) is 0 Å². The number of aryl methyl sites for hydroxylation is 1. The van der Waals surface area contributed by atoms with Crippen LogP contribution in [0.15, 0.2) is 42.5 Å². The number of ether oxygens (including phenoxy) is 1. The van der Waals surface area contributed by atoms with Crippen molar-refractivity contribution in [1.29, 1.82) is 0 Å². The van der Waals surface area contributed by atoms with Gasteiger partial charge in [0, 0.05) is 12.1 Å². The summed E-state index contributed by atoms with van der Waals surface area (Å²) < 4.78 is 5.24. The Hall–Kier alpha value is -3.02. The maximum atomic E-state index is 12.1. The number of benzene rings is 2. The molecule has 112 valence electrons. The highest BCUT2D eigenvalue weighted by molar-refractivity contribution is 5.99. The van der Waals surface area contributed by atoms with Crippen LogP contribution in [0.3, 0.4) is 0 Å². The smallest absolute Gasteiger partial charge is 0.343 e. The summed E-state index contributed by atoms with van der Waals surface area (Å²) in [6.45, 7) is 3.20. The van der Waals surface area contributed by atoms with Crippen LogP contribution < -0.4 is 4.74 Å². The summed E-state index contributed by atoms with van der Waals surface area (Å²) in [5.41, 5.74) is 1.20. The molecule has 0 saturated carbocycles. The molecule has 0 unspecified atom stereocenters. The summed E-state index contributed by atoms with van der Waals surface area (Å²) in [6, 6.07) is 10.0. The Labute approximate surface area is 126 Å². The van der Waals surface area contributed by atoms with Gasteiger partial charge in [-0.2, -0.15) is 0 Å². The number of hydrogen-bond acceptors (Lipinski definition) is 5. The topological polar surface area (TPSA) is 86.5 Å². The number of nitro benzene ring substituents is 1. The molecule has 0 saturated heterocycles. The van der Waals surface area contributed by atoms with E-state index in [0.29, 0.717) is 5.56 Å². The van der Waals surface area contributed by atoms with Gasteiger partial charge in [-0.15, -0.1) is 0 Å². The standard InChI is InChI=1S/C16H13NO5/c1-10-3-8-14(11(2)18)15(9-10)22-16(19)12-4-6-13(7-5-12)17(20)21/h3-9H,1-2H3. The highest BCUT2D eigenvalue weighted by Crippen LogP contribution is 2.22. The number of carbonyl (C=O) groups excluding carboxylic acids is 2. The summed E-state index contributed by atoms with van der Waals surface area (Å²) in [4.78, 5) is 33.7. The number of esters is 1. The number of Topliss-reactive ketones (excluding diaryl/α,β-unsaturated/α-hetero) is 1. The van der Waals surface area contributed by atoms with E-state index in [1.165, 1.54) is 31.2 Å². The molecule has 0 radical (unpaired) electrons. The van der Waals surface area contributed by atoms with Crippen molar-refractivity contribution in [2.24, 2.45) is 0 Å². The van der Waals surface area contributed by atoms with E-state index in [0.717, 1.165) is 5.56 Å². The summed E-state index contributed by atoms with van der Waals surface area (Å²) >= 11 is 0. The molecule has 22 heavy (non-hydrogen) atoms. The first-order valence-electron chi connectivity index (χ1n) is 6.46. The molecule has 6 heteroatoms. The van der Waals surface area contributed by atoms with Gasteiger partial charge in [-0.3, -0.25) is 14.9 Å². The molecule has 0 atom stereocenters. The highest BCUT2D eigenvalue weighted by Gasteiger charge is 2.15. The molecule has 0 aromatic heterocycles. The van der Waals surface area contributed by atoms with Crippen molar-refractivity contribution in [2.45, 2.75) is 13.8 Å². The molecule has 2 rings (SSSR count). The molecule has 0 amide bonds. The van der Waals surface area contributed by atoms with Crippen molar-refractivity contribution in [3.05, 3.63) is 69.3 Å². The fourth-order valence-corrected chi connectivity index (χ4v) is 1.88. The van der Waals surface area contributed by atoms with Crippen molar-refractivity contribution >= 4 is 17.4 Å². The predicted molar refractivity (Wildman–Crippen MR) is 79.2 cm³/mol. The first-order chi connectivity index (χ1) is 10.4. The van der Waals surface area contributed by atoms with Crippen molar-refractivity contribution in [1.82, 2.24) is 0 Å². The van der Waals surface area contributed by atoms with Crippen LogP contribution >= 0.6 is 0 Å². The van der Waals surface area contributed by atoms with E-state index < -0.39 is 10.9 Å². The molecule has 2 aromatic carbocycles. The summed E-state index contributed by atoms with van der Waals surface area (Å²) in [5.74, 6) is -0.717. The monoisotopic (exact) mass is 299 g/mol. The lowest BCUT2D eigenvalue weighted by molar-refractivity contribution is -0.384. The zero-order chi connectivity index (χ0) is 16.3. The lowest BCUT2D eigenvalue weighted by Crippen LogP contribution is -2.11. The molecule has 0 aliphatic carbocycles. The minimum absolute atomic E-state index is 0.114. The van der Waals surface area contributed by atoms with Crippen molar-refractivity contribution in [3.8, 4) is 5.75 Å². The largest absolute Gasteiger partial charge is 0.422 e.